The molecule has 0 aliphatic heterocycles. The Hall–Kier alpha value is -1.65. The number of carbonyl (C=O) groups excluding carboxylic acids is 1. The second kappa shape index (κ2) is 5.15. The lowest BCUT2D eigenvalue weighted by atomic mass is 9.93. The molecule has 1 fully saturated rings. The largest absolute Gasteiger partial charge is 0.354 e. The number of rotatable bonds is 5. The number of aryl methyl sites for hydroxylation is 1. The summed E-state index contributed by atoms with van der Waals surface area (Å²) in [6.45, 7) is 3.46. The van der Waals surface area contributed by atoms with Gasteiger partial charge in [0, 0.05) is 25.4 Å². The van der Waals surface area contributed by atoms with Crippen LogP contribution in [0.1, 0.15) is 25.6 Å². The number of amides is 1. The molecule has 2 aliphatic rings. The molecule has 5 heteroatoms. The molecule has 0 aromatic carbocycles. The molecule has 1 saturated carbocycles. The Morgan fingerprint density at radius 3 is 3.05 bits per heavy atom. The Morgan fingerprint density at radius 1 is 1.47 bits per heavy atom. The maximum Gasteiger partial charge on any atom is 0.223 e. The highest BCUT2D eigenvalue weighted by atomic mass is 16.1. The van der Waals surface area contributed by atoms with Gasteiger partial charge in [0.25, 0.3) is 0 Å². The maximum atomic E-state index is 12.1. The summed E-state index contributed by atoms with van der Waals surface area (Å²) in [4.78, 5) is 12.1. The molecule has 0 spiro atoms. The van der Waals surface area contributed by atoms with Gasteiger partial charge in [-0.1, -0.05) is 19.1 Å². The lowest BCUT2D eigenvalue weighted by Gasteiger charge is -2.17. The first-order valence-electron chi connectivity index (χ1n) is 7.10. The molecule has 2 aliphatic carbocycles. The van der Waals surface area contributed by atoms with Crippen molar-refractivity contribution in [2.75, 3.05) is 6.54 Å². The van der Waals surface area contributed by atoms with Crippen LogP contribution in [-0.4, -0.2) is 27.2 Å². The zero-order valence-corrected chi connectivity index (χ0v) is 11.2. The molecule has 0 saturated heterocycles. The van der Waals surface area contributed by atoms with E-state index in [4.69, 9.17) is 0 Å². The molecule has 2 bridgehead atoms. The van der Waals surface area contributed by atoms with Crippen molar-refractivity contribution in [3.05, 3.63) is 24.3 Å². The van der Waals surface area contributed by atoms with Crippen molar-refractivity contribution in [3.8, 4) is 0 Å². The first-order chi connectivity index (χ1) is 9.28. The molecule has 5 nitrogen and oxygen atoms in total. The third kappa shape index (κ3) is 2.41. The summed E-state index contributed by atoms with van der Waals surface area (Å²) >= 11 is 0. The van der Waals surface area contributed by atoms with Gasteiger partial charge in [-0.25, -0.2) is 0 Å². The van der Waals surface area contributed by atoms with Crippen LogP contribution in [0.5, 0.6) is 0 Å². The summed E-state index contributed by atoms with van der Waals surface area (Å²) < 4.78 is 2.00. The monoisotopic (exact) mass is 260 g/mol. The Bertz CT molecular complexity index is 493. The highest BCUT2D eigenvalue weighted by Crippen LogP contribution is 2.43. The molecule has 3 atom stereocenters. The SMILES string of the molecule is CCc1nncn1CCNC(=O)[C@@H]1C[C@H]2C=C[C@H]1C2. The van der Waals surface area contributed by atoms with E-state index in [0.29, 0.717) is 18.4 Å². The summed E-state index contributed by atoms with van der Waals surface area (Å²) in [5, 5.41) is 11.0. The van der Waals surface area contributed by atoms with E-state index >= 15 is 0 Å². The predicted molar refractivity (Wildman–Crippen MR) is 71.3 cm³/mol. The summed E-state index contributed by atoms with van der Waals surface area (Å²) in [6, 6.07) is 0. The van der Waals surface area contributed by atoms with Crippen molar-refractivity contribution < 1.29 is 4.79 Å². The molecule has 0 radical (unpaired) electrons. The van der Waals surface area contributed by atoms with Gasteiger partial charge in [0.15, 0.2) is 0 Å². The van der Waals surface area contributed by atoms with Gasteiger partial charge in [-0.05, 0) is 24.7 Å². The van der Waals surface area contributed by atoms with Crippen molar-refractivity contribution in [3.63, 3.8) is 0 Å². The van der Waals surface area contributed by atoms with E-state index in [2.05, 4.69) is 34.6 Å². The number of fused-ring (bicyclic) bond motifs is 2. The van der Waals surface area contributed by atoms with E-state index in [0.717, 1.165) is 25.2 Å². The Morgan fingerprint density at radius 2 is 2.37 bits per heavy atom. The zero-order valence-electron chi connectivity index (χ0n) is 11.2. The average molecular weight is 260 g/mol. The maximum absolute atomic E-state index is 12.1. The Balaban J connectivity index is 1.48. The lowest BCUT2D eigenvalue weighted by molar-refractivity contribution is -0.125. The van der Waals surface area contributed by atoms with Crippen LogP contribution >= 0.6 is 0 Å². The number of carbonyl (C=O) groups is 1. The fraction of sp³-hybridized carbons (Fsp3) is 0.643. The van der Waals surface area contributed by atoms with Crippen LogP contribution in [-0.2, 0) is 17.8 Å². The van der Waals surface area contributed by atoms with Crippen LogP contribution in [0, 0.1) is 17.8 Å². The Labute approximate surface area is 113 Å². The van der Waals surface area contributed by atoms with Gasteiger partial charge in [-0.15, -0.1) is 10.2 Å². The predicted octanol–water partition coefficient (Wildman–Crippen LogP) is 1.17. The lowest BCUT2D eigenvalue weighted by Crippen LogP contribution is -2.35. The average Bonchev–Trinajstić information content (AvgIpc) is 3.14. The minimum absolute atomic E-state index is 0.196. The van der Waals surface area contributed by atoms with Gasteiger partial charge in [0.2, 0.25) is 5.91 Å². The minimum atomic E-state index is 0.196. The number of nitrogens with one attached hydrogen (secondary N) is 1. The summed E-state index contributed by atoms with van der Waals surface area (Å²) in [5.41, 5.74) is 0. The van der Waals surface area contributed by atoms with Gasteiger partial charge in [0.05, 0.1) is 0 Å². The number of hydrogen-bond donors (Lipinski definition) is 1. The minimum Gasteiger partial charge on any atom is -0.354 e. The van der Waals surface area contributed by atoms with E-state index in [1.165, 1.54) is 6.42 Å². The topological polar surface area (TPSA) is 59.8 Å². The fourth-order valence-electron chi connectivity index (χ4n) is 3.25. The van der Waals surface area contributed by atoms with Crippen LogP contribution in [0.3, 0.4) is 0 Å². The molecule has 1 aromatic rings. The van der Waals surface area contributed by atoms with E-state index in [1.807, 2.05) is 4.57 Å². The quantitative estimate of drug-likeness (QED) is 0.808. The smallest absolute Gasteiger partial charge is 0.223 e. The normalized spacial score (nSPS) is 27.9. The van der Waals surface area contributed by atoms with Crippen LogP contribution < -0.4 is 5.32 Å². The number of nitrogens with zero attached hydrogens (tertiary/aromatic N) is 3. The van der Waals surface area contributed by atoms with Gasteiger partial charge in [-0.3, -0.25) is 4.79 Å². The van der Waals surface area contributed by atoms with E-state index in [1.54, 1.807) is 6.33 Å². The van der Waals surface area contributed by atoms with Gasteiger partial charge < -0.3 is 9.88 Å². The van der Waals surface area contributed by atoms with E-state index in [9.17, 15) is 4.79 Å². The molecular formula is C14H20N4O. The first-order valence-corrected chi connectivity index (χ1v) is 7.10. The summed E-state index contributed by atoms with van der Waals surface area (Å²) in [7, 11) is 0. The molecule has 1 aromatic heterocycles. The van der Waals surface area contributed by atoms with Gasteiger partial charge in [0.1, 0.15) is 12.2 Å². The molecule has 3 rings (SSSR count). The van der Waals surface area contributed by atoms with Gasteiger partial charge in [-0.2, -0.15) is 0 Å². The molecule has 1 N–H and O–H groups in total. The number of hydrogen-bond acceptors (Lipinski definition) is 3. The molecule has 19 heavy (non-hydrogen) atoms. The van der Waals surface area contributed by atoms with Crippen LogP contribution in [0.4, 0.5) is 0 Å². The molecule has 0 unspecified atom stereocenters. The zero-order chi connectivity index (χ0) is 13.2. The van der Waals surface area contributed by atoms with Crippen molar-refractivity contribution in [1.82, 2.24) is 20.1 Å². The number of allylic oxidation sites excluding steroid dienone is 2. The standard InChI is InChI=1S/C14H20N4O/c1-2-13-17-16-9-18(13)6-5-15-14(19)12-8-10-3-4-11(12)7-10/h3-4,9-12H,2,5-8H2,1H3,(H,15,19)/t10-,11-,12+/m0/s1. The molecular weight excluding hydrogens is 240 g/mol. The fourth-order valence-corrected chi connectivity index (χ4v) is 3.25. The molecule has 102 valence electrons. The van der Waals surface area contributed by atoms with Crippen LogP contribution in [0.25, 0.3) is 0 Å². The van der Waals surface area contributed by atoms with Crippen molar-refractivity contribution >= 4 is 5.91 Å². The molecule has 1 heterocycles. The Kier molecular flexibility index (Phi) is 3.36. The second-order valence-corrected chi connectivity index (χ2v) is 5.47. The van der Waals surface area contributed by atoms with E-state index in [-0.39, 0.29) is 11.8 Å². The summed E-state index contributed by atoms with van der Waals surface area (Å²) in [5.74, 6) is 2.50. The summed E-state index contributed by atoms with van der Waals surface area (Å²) in [6.07, 6.45) is 9.27. The van der Waals surface area contributed by atoms with Gasteiger partial charge >= 0.3 is 0 Å². The first kappa shape index (κ1) is 12.4. The highest BCUT2D eigenvalue weighted by molar-refractivity contribution is 5.79. The van der Waals surface area contributed by atoms with Crippen LogP contribution in [0.15, 0.2) is 18.5 Å². The third-order valence-corrected chi connectivity index (χ3v) is 4.28. The van der Waals surface area contributed by atoms with Crippen molar-refractivity contribution in [2.45, 2.75) is 32.7 Å². The third-order valence-electron chi connectivity index (χ3n) is 4.28. The highest BCUT2D eigenvalue weighted by Gasteiger charge is 2.39. The van der Waals surface area contributed by atoms with Crippen LogP contribution in [0.2, 0.25) is 0 Å². The second-order valence-electron chi connectivity index (χ2n) is 5.47. The number of aromatic nitrogens is 3. The van der Waals surface area contributed by atoms with E-state index < -0.39 is 0 Å². The molecule has 1 amide bonds. The van der Waals surface area contributed by atoms with Crippen molar-refractivity contribution in [2.24, 2.45) is 17.8 Å². The van der Waals surface area contributed by atoms with Crippen molar-refractivity contribution in [1.29, 1.82) is 0 Å².